The van der Waals surface area contributed by atoms with E-state index in [0.29, 0.717) is 15.9 Å². The van der Waals surface area contributed by atoms with Gasteiger partial charge >= 0.3 is 6.55 Å². The Morgan fingerprint density at radius 1 is 1.35 bits per heavy atom. The lowest BCUT2D eigenvalue weighted by Crippen LogP contribution is -2.67. The Kier molecular flexibility index (Phi) is 4.89. The number of aromatic nitrogens is 2. The molecule has 9 nitrogen and oxygen atoms in total. The standard InChI is InChI=1S/C19H21F2N5O4S/c1-18(2)16(22)24-19(10-31(18,28)29)9-30-8-11-3-4-12(7-13(11)19)23-15(27)14-5-6-26(25-14)17(20)21/h3-7,17H,8-10H2,1-2H3,(H2,22,24)(H,23,27)/t19-/m0/s1. The van der Waals surface area contributed by atoms with Crippen molar-refractivity contribution >= 4 is 27.3 Å². The number of benzene rings is 1. The molecule has 2 aliphatic rings. The third-order valence-electron chi connectivity index (χ3n) is 5.71. The van der Waals surface area contributed by atoms with Crippen LogP contribution in [-0.2, 0) is 26.7 Å². The number of nitrogens with zero attached hydrogens (tertiary/aromatic N) is 2. The molecule has 3 N–H and O–H groups in total. The van der Waals surface area contributed by atoms with Crippen molar-refractivity contribution in [2.45, 2.75) is 37.3 Å². The van der Waals surface area contributed by atoms with Gasteiger partial charge in [0.1, 0.15) is 16.1 Å². The van der Waals surface area contributed by atoms with E-state index in [0.717, 1.165) is 11.8 Å². The van der Waals surface area contributed by atoms with Gasteiger partial charge in [0.25, 0.3) is 5.91 Å². The minimum Gasteiger partial charge on any atom is -0.374 e. The first kappa shape index (κ1) is 21.4. The van der Waals surface area contributed by atoms with Gasteiger partial charge in [-0.1, -0.05) is 6.07 Å². The first-order valence-electron chi connectivity index (χ1n) is 9.40. The summed E-state index contributed by atoms with van der Waals surface area (Å²) in [5.41, 5.74) is 0.307. The van der Waals surface area contributed by atoms with E-state index in [4.69, 9.17) is 10.1 Å². The van der Waals surface area contributed by atoms with Crippen molar-refractivity contribution in [2.24, 2.45) is 0 Å². The maximum Gasteiger partial charge on any atom is 0.333 e. The summed E-state index contributed by atoms with van der Waals surface area (Å²) < 4.78 is 55.9. The average Bonchev–Trinajstić information content (AvgIpc) is 3.18. The van der Waals surface area contributed by atoms with Gasteiger partial charge in [0.2, 0.25) is 0 Å². The minimum absolute atomic E-state index is 0.0356. The van der Waals surface area contributed by atoms with Crippen LogP contribution in [0.2, 0.25) is 0 Å². The molecule has 1 aromatic heterocycles. The minimum atomic E-state index is -3.68. The van der Waals surface area contributed by atoms with Gasteiger partial charge in [0.15, 0.2) is 15.5 Å². The number of sulfone groups is 1. The van der Waals surface area contributed by atoms with E-state index in [1.807, 2.05) is 0 Å². The highest BCUT2D eigenvalue weighted by Gasteiger charge is 2.54. The summed E-state index contributed by atoms with van der Waals surface area (Å²) in [4.78, 5) is 12.4. The summed E-state index contributed by atoms with van der Waals surface area (Å²) in [7, 11) is -3.68. The van der Waals surface area contributed by atoms with Crippen molar-refractivity contribution < 1.29 is 26.7 Å². The van der Waals surface area contributed by atoms with E-state index in [1.54, 1.807) is 18.2 Å². The van der Waals surface area contributed by atoms with Crippen LogP contribution in [0.5, 0.6) is 0 Å². The van der Waals surface area contributed by atoms with Crippen molar-refractivity contribution in [1.29, 1.82) is 5.41 Å². The Balaban J connectivity index is 1.67. The molecular weight excluding hydrogens is 432 g/mol. The van der Waals surface area contributed by atoms with Gasteiger partial charge in [0, 0.05) is 11.9 Å². The Labute approximate surface area is 177 Å². The highest BCUT2D eigenvalue weighted by molar-refractivity contribution is 7.93. The second-order valence-electron chi connectivity index (χ2n) is 8.13. The summed E-state index contributed by atoms with van der Waals surface area (Å²) in [6.45, 7) is 0.384. The number of fused-ring (bicyclic) bond motifs is 2. The third-order valence-corrected chi connectivity index (χ3v) is 8.34. The van der Waals surface area contributed by atoms with Crippen LogP contribution in [0, 0.1) is 5.41 Å². The number of rotatable bonds is 3. The highest BCUT2D eigenvalue weighted by Crippen LogP contribution is 2.39. The quantitative estimate of drug-likeness (QED) is 0.653. The summed E-state index contributed by atoms with van der Waals surface area (Å²) in [5.74, 6) is -1.10. The van der Waals surface area contributed by atoms with Gasteiger partial charge in [-0.3, -0.25) is 10.2 Å². The largest absolute Gasteiger partial charge is 0.374 e. The Hall–Kier alpha value is -2.86. The summed E-state index contributed by atoms with van der Waals surface area (Å²) >= 11 is 0. The lowest BCUT2D eigenvalue weighted by molar-refractivity contribution is 0.0513. The molecule has 1 atom stereocenters. The normalized spacial score (nSPS) is 24.0. The first-order chi connectivity index (χ1) is 14.4. The van der Waals surface area contributed by atoms with Crippen molar-refractivity contribution in [3.63, 3.8) is 0 Å². The molecule has 2 aliphatic heterocycles. The molecule has 1 saturated heterocycles. The number of hydrogen-bond donors (Lipinski definition) is 3. The molecule has 0 unspecified atom stereocenters. The summed E-state index contributed by atoms with van der Waals surface area (Å²) in [5, 5.41) is 17.4. The lowest BCUT2D eigenvalue weighted by atomic mass is 9.85. The molecule has 3 heterocycles. The van der Waals surface area contributed by atoms with E-state index in [2.05, 4.69) is 15.7 Å². The van der Waals surface area contributed by atoms with Crippen LogP contribution >= 0.6 is 0 Å². The number of alkyl halides is 2. The molecule has 1 spiro atoms. The van der Waals surface area contributed by atoms with Crippen molar-refractivity contribution in [3.05, 3.63) is 47.3 Å². The van der Waals surface area contributed by atoms with E-state index in [1.165, 1.54) is 19.9 Å². The van der Waals surface area contributed by atoms with E-state index < -0.39 is 32.6 Å². The topological polar surface area (TPSA) is 126 Å². The summed E-state index contributed by atoms with van der Waals surface area (Å²) in [6, 6.07) is 6.10. The van der Waals surface area contributed by atoms with Gasteiger partial charge in [-0.25, -0.2) is 13.1 Å². The maximum absolute atomic E-state index is 12.9. The molecule has 4 rings (SSSR count). The van der Waals surface area contributed by atoms with Gasteiger partial charge < -0.3 is 15.4 Å². The third kappa shape index (κ3) is 3.49. The molecule has 0 radical (unpaired) electrons. The van der Waals surface area contributed by atoms with Crippen LogP contribution in [0.15, 0.2) is 30.5 Å². The summed E-state index contributed by atoms with van der Waals surface area (Å²) in [6.07, 6.45) is 1.00. The monoisotopic (exact) mass is 453 g/mol. The molecule has 0 saturated carbocycles. The number of halogens is 2. The fourth-order valence-electron chi connectivity index (χ4n) is 3.71. The fraction of sp³-hybridized carbons (Fsp3) is 0.421. The van der Waals surface area contributed by atoms with Crippen molar-refractivity contribution in [3.8, 4) is 0 Å². The first-order valence-corrected chi connectivity index (χ1v) is 11.1. The number of carbonyl (C=O) groups is 1. The van der Waals surface area contributed by atoms with Crippen LogP contribution in [0.1, 0.15) is 42.0 Å². The molecule has 1 amide bonds. The second-order valence-corrected chi connectivity index (χ2v) is 10.7. The molecule has 0 bridgehead atoms. The van der Waals surface area contributed by atoms with Crippen LogP contribution in [0.25, 0.3) is 0 Å². The van der Waals surface area contributed by atoms with Crippen LogP contribution in [-0.4, -0.2) is 47.0 Å². The van der Waals surface area contributed by atoms with Gasteiger partial charge in [-0.05, 0) is 43.2 Å². The SMILES string of the molecule is CC1(C)C(=N)N[C@@]2(COCc3ccc(NC(=O)c4ccn(C(F)F)n4)cc32)CS1(=O)=O. The van der Waals surface area contributed by atoms with Crippen LogP contribution in [0.3, 0.4) is 0 Å². The molecule has 1 fully saturated rings. The smallest absolute Gasteiger partial charge is 0.333 e. The molecule has 1 aromatic carbocycles. The Morgan fingerprint density at radius 2 is 2.10 bits per heavy atom. The number of hydrogen-bond acceptors (Lipinski definition) is 6. The Bertz CT molecular complexity index is 1180. The van der Waals surface area contributed by atoms with Crippen molar-refractivity contribution in [1.82, 2.24) is 15.1 Å². The lowest BCUT2D eigenvalue weighted by Gasteiger charge is -2.47. The molecule has 12 heteroatoms. The van der Waals surface area contributed by atoms with Gasteiger partial charge in [-0.2, -0.15) is 13.9 Å². The number of amides is 1. The number of nitrogens with one attached hydrogen (secondary N) is 3. The van der Waals surface area contributed by atoms with Crippen LogP contribution < -0.4 is 10.6 Å². The predicted molar refractivity (Wildman–Crippen MR) is 108 cm³/mol. The van der Waals surface area contributed by atoms with E-state index in [9.17, 15) is 22.0 Å². The number of carbonyl (C=O) groups excluding carboxylic acids is 1. The fourth-order valence-corrected chi connectivity index (χ4v) is 5.39. The van der Waals surface area contributed by atoms with Crippen LogP contribution in [0.4, 0.5) is 14.5 Å². The molecule has 0 aliphatic carbocycles. The predicted octanol–water partition coefficient (Wildman–Crippen LogP) is 2.03. The molecule has 166 valence electrons. The molecule has 2 aromatic rings. The number of ether oxygens (including phenoxy) is 1. The van der Waals surface area contributed by atoms with E-state index >= 15 is 0 Å². The Morgan fingerprint density at radius 3 is 2.74 bits per heavy atom. The number of amidine groups is 1. The van der Waals surface area contributed by atoms with E-state index in [-0.39, 0.29) is 30.5 Å². The van der Waals surface area contributed by atoms with Gasteiger partial charge in [-0.15, -0.1) is 0 Å². The maximum atomic E-state index is 12.9. The van der Waals surface area contributed by atoms with Crippen molar-refractivity contribution in [2.75, 3.05) is 17.7 Å². The van der Waals surface area contributed by atoms with Gasteiger partial charge in [0.05, 0.1) is 19.0 Å². The average molecular weight is 453 g/mol. The highest BCUT2D eigenvalue weighted by atomic mass is 32.2. The second kappa shape index (κ2) is 7.09. The zero-order chi connectivity index (χ0) is 22.6. The molecule has 31 heavy (non-hydrogen) atoms. The molecular formula is C19H21F2N5O4S. The zero-order valence-electron chi connectivity index (χ0n) is 16.8. The zero-order valence-corrected chi connectivity index (χ0v) is 17.6. The number of anilines is 1.